The molecule has 2 bridgehead atoms. The Kier molecular flexibility index (Phi) is 8.22. The van der Waals surface area contributed by atoms with Gasteiger partial charge in [-0.05, 0) is 44.9 Å². The highest BCUT2D eigenvalue weighted by atomic mass is 16.1. The summed E-state index contributed by atoms with van der Waals surface area (Å²) in [5, 5.41) is 3.68. The van der Waals surface area contributed by atoms with E-state index in [1.54, 1.807) is 0 Å². The quantitative estimate of drug-likeness (QED) is 0.421. The second kappa shape index (κ2) is 10.2. The van der Waals surface area contributed by atoms with Crippen LogP contribution in [0, 0.1) is 5.92 Å². The lowest BCUT2D eigenvalue weighted by Crippen LogP contribution is -2.50. The SMILES string of the molecule is C=CCCCCCCCCCC(=O)C1CC2CCCC(C1)N2. The van der Waals surface area contributed by atoms with Crippen molar-refractivity contribution in [2.75, 3.05) is 0 Å². The van der Waals surface area contributed by atoms with Gasteiger partial charge in [0.2, 0.25) is 0 Å². The van der Waals surface area contributed by atoms with Crippen LogP contribution >= 0.6 is 0 Å². The van der Waals surface area contributed by atoms with Crippen molar-refractivity contribution in [3.63, 3.8) is 0 Å². The number of hydrogen-bond acceptors (Lipinski definition) is 2. The summed E-state index contributed by atoms with van der Waals surface area (Å²) in [5.41, 5.74) is 0. The van der Waals surface area contributed by atoms with Gasteiger partial charge < -0.3 is 5.32 Å². The van der Waals surface area contributed by atoms with Crippen LogP contribution in [0.4, 0.5) is 0 Å². The minimum Gasteiger partial charge on any atom is -0.311 e. The first-order valence-corrected chi connectivity index (χ1v) is 9.69. The van der Waals surface area contributed by atoms with Crippen molar-refractivity contribution in [3.05, 3.63) is 12.7 Å². The maximum Gasteiger partial charge on any atom is 0.136 e. The van der Waals surface area contributed by atoms with Gasteiger partial charge in [-0.25, -0.2) is 0 Å². The number of carbonyl (C=O) groups excluding carboxylic acids is 1. The first-order chi connectivity index (χ1) is 10.8. The molecule has 2 rings (SSSR count). The zero-order valence-electron chi connectivity index (χ0n) is 14.3. The smallest absolute Gasteiger partial charge is 0.136 e. The van der Waals surface area contributed by atoms with E-state index in [9.17, 15) is 4.79 Å². The molecule has 2 aliphatic rings. The summed E-state index contributed by atoms with van der Waals surface area (Å²) in [6, 6.07) is 1.27. The van der Waals surface area contributed by atoms with Crippen LogP contribution in [0.5, 0.6) is 0 Å². The van der Waals surface area contributed by atoms with E-state index in [-0.39, 0.29) is 0 Å². The number of ketones is 1. The molecule has 2 fully saturated rings. The molecule has 0 radical (unpaired) electrons. The van der Waals surface area contributed by atoms with Gasteiger partial charge in [0.15, 0.2) is 0 Å². The number of hydrogen-bond donors (Lipinski definition) is 1. The summed E-state index contributed by atoms with van der Waals surface area (Å²) in [6.07, 6.45) is 19.1. The Labute approximate surface area is 137 Å². The summed E-state index contributed by atoms with van der Waals surface area (Å²) in [7, 11) is 0. The Morgan fingerprint density at radius 1 is 0.955 bits per heavy atom. The van der Waals surface area contributed by atoms with E-state index < -0.39 is 0 Å². The lowest BCUT2D eigenvalue weighted by atomic mass is 9.77. The molecule has 1 N–H and O–H groups in total. The molecular formula is C20H35NO. The minimum atomic E-state index is 0.371. The lowest BCUT2D eigenvalue weighted by Gasteiger charge is -2.39. The molecule has 0 aromatic heterocycles. The highest BCUT2D eigenvalue weighted by Gasteiger charge is 2.33. The number of piperidine rings is 2. The van der Waals surface area contributed by atoms with Crippen LogP contribution in [-0.4, -0.2) is 17.9 Å². The third kappa shape index (κ3) is 6.24. The molecule has 2 heterocycles. The highest BCUT2D eigenvalue weighted by Crippen LogP contribution is 2.31. The number of carbonyl (C=O) groups is 1. The summed E-state index contributed by atoms with van der Waals surface area (Å²) < 4.78 is 0. The van der Waals surface area contributed by atoms with Crippen molar-refractivity contribution < 1.29 is 4.79 Å². The van der Waals surface area contributed by atoms with Crippen molar-refractivity contribution in [2.24, 2.45) is 5.92 Å². The van der Waals surface area contributed by atoms with Gasteiger partial charge in [0.05, 0.1) is 0 Å². The Morgan fingerprint density at radius 3 is 2.18 bits per heavy atom. The first-order valence-electron chi connectivity index (χ1n) is 9.69. The standard InChI is InChI=1S/C20H35NO/c1-2-3-4-5-6-7-8-9-10-14-20(22)17-15-18-12-11-13-19(16-17)21-18/h2,17-19,21H,1,3-16H2. The molecule has 0 saturated carbocycles. The summed E-state index contributed by atoms with van der Waals surface area (Å²) >= 11 is 0. The van der Waals surface area contributed by atoms with Gasteiger partial charge in [0.1, 0.15) is 5.78 Å². The Bertz CT molecular complexity index is 327. The normalized spacial score (nSPS) is 27.5. The van der Waals surface area contributed by atoms with Crippen LogP contribution in [0.3, 0.4) is 0 Å². The Balaban J connectivity index is 1.48. The van der Waals surface area contributed by atoms with Crippen molar-refractivity contribution in [3.8, 4) is 0 Å². The molecule has 2 saturated heterocycles. The molecule has 2 nitrogen and oxygen atoms in total. The van der Waals surface area contributed by atoms with E-state index in [1.165, 1.54) is 57.8 Å². The van der Waals surface area contributed by atoms with Crippen molar-refractivity contribution in [1.82, 2.24) is 5.32 Å². The second-order valence-electron chi connectivity index (χ2n) is 7.43. The molecule has 0 aromatic rings. The van der Waals surface area contributed by atoms with Crippen LogP contribution in [0.2, 0.25) is 0 Å². The molecule has 0 aliphatic carbocycles. The zero-order chi connectivity index (χ0) is 15.6. The topological polar surface area (TPSA) is 29.1 Å². The third-order valence-corrected chi connectivity index (χ3v) is 5.50. The van der Waals surface area contributed by atoms with E-state index in [1.807, 2.05) is 6.08 Å². The predicted octanol–water partition coefficient (Wildman–Crippen LogP) is 5.17. The van der Waals surface area contributed by atoms with Gasteiger partial charge in [-0.1, -0.05) is 44.6 Å². The summed E-state index contributed by atoms with van der Waals surface area (Å²) in [5.74, 6) is 0.930. The van der Waals surface area contributed by atoms with Crippen LogP contribution in [0.1, 0.15) is 89.9 Å². The highest BCUT2D eigenvalue weighted by molar-refractivity contribution is 5.81. The van der Waals surface area contributed by atoms with E-state index in [0.29, 0.717) is 23.8 Å². The molecule has 126 valence electrons. The molecule has 0 aromatic carbocycles. The summed E-state index contributed by atoms with van der Waals surface area (Å²) in [6.45, 7) is 3.76. The van der Waals surface area contributed by atoms with E-state index in [4.69, 9.17) is 0 Å². The monoisotopic (exact) mass is 305 g/mol. The van der Waals surface area contributed by atoms with Gasteiger partial charge in [0, 0.05) is 24.4 Å². The molecular weight excluding hydrogens is 270 g/mol. The Morgan fingerprint density at radius 2 is 1.55 bits per heavy atom. The van der Waals surface area contributed by atoms with Gasteiger partial charge in [0.25, 0.3) is 0 Å². The molecule has 22 heavy (non-hydrogen) atoms. The largest absolute Gasteiger partial charge is 0.311 e. The number of fused-ring (bicyclic) bond motifs is 2. The zero-order valence-corrected chi connectivity index (χ0v) is 14.3. The maximum absolute atomic E-state index is 12.4. The van der Waals surface area contributed by atoms with Crippen molar-refractivity contribution in [2.45, 2.75) is 102 Å². The Hall–Kier alpha value is -0.630. The van der Waals surface area contributed by atoms with Gasteiger partial charge in [-0.2, -0.15) is 0 Å². The number of rotatable bonds is 11. The number of Topliss-reactive ketones (excluding diaryl/α,β-unsaturated/α-hetero) is 1. The number of allylic oxidation sites excluding steroid dienone is 1. The van der Waals surface area contributed by atoms with Crippen LogP contribution in [-0.2, 0) is 4.79 Å². The van der Waals surface area contributed by atoms with Gasteiger partial charge in [-0.15, -0.1) is 6.58 Å². The first kappa shape index (κ1) is 17.7. The molecule has 2 atom stereocenters. The van der Waals surface area contributed by atoms with Gasteiger partial charge in [-0.3, -0.25) is 4.79 Å². The molecule has 2 unspecified atom stereocenters. The molecule has 0 spiro atoms. The molecule has 2 heteroatoms. The van der Waals surface area contributed by atoms with Crippen molar-refractivity contribution >= 4 is 5.78 Å². The van der Waals surface area contributed by atoms with Gasteiger partial charge >= 0.3 is 0 Å². The van der Waals surface area contributed by atoms with E-state index in [2.05, 4.69) is 11.9 Å². The van der Waals surface area contributed by atoms with E-state index >= 15 is 0 Å². The van der Waals surface area contributed by atoms with Crippen LogP contribution < -0.4 is 5.32 Å². The lowest BCUT2D eigenvalue weighted by molar-refractivity contribution is -0.124. The van der Waals surface area contributed by atoms with E-state index in [0.717, 1.165) is 32.1 Å². The fourth-order valence-electron chi connectivity index (χ4n) is 4.20. The average Bonchev–Trinajstić information content (AvgIpc) is 2.52. The fourth-order valence-corrected chi connectivity index (χ4v) is 4.20. The number of nitrogens with one attached hydrogen (secondary N) is 1. The molecule has 2 aliphatic heterocycles. The fraction of sp³-hybridized carbons (Fsp3) is 0.850. The number of unbranched alkanes of at least 4 members (excludes halogenated alkanes) is 7. The maximum atomic E-state index is 12.4. The minimum absolute atomic E-state index is 0.371. The predicted molar refractivity (Wildman–Crippen MR) is 94.0 cm³/mol. The van der Waals surface area contributed by atoms with Crippen LogP contribution in [0.15, 0.2) is 12.7 Å². The average molecular weight is 306 g/mol. The summed E-state index contributed by atoms with van der Waals surface area (Å²) in [4.78, 5) is 12.4. The molecule has 0 amide bonds. The second-order valence-corrected chi connectivity index (χ2v) is 7.43. The van der Waals surface area contributed by atoms with Crippen LogP contribution in [0.25, 0.3) is 0 Å². The third-order valence-electron chi connectivity index (χ3n) is 5.50. The van der Waals surface area contributed by atoms with Crippen molar-refractivity contribution in [1.29, 1.82) is 0 Å².